The largest absolute Gasteiger partial charge is 0.390 e. The molecule has 1 atom stereocenters. The molecule has 3 heteroatoms. The first-order valence-corrected chi connectivity index (χ1v) is 6.37. The van der Waals surface area contributed by atoms with E-state index < -0.39 is 0 Å². The van der Waals surface area contributed by atoms with E-state index in [1.165, 1.54) is 11.1 Å². The first-order valence-electron chi connectivity index (χ1n) is 6.37. The van der Waals surface area contributed by atoms with Crippen LogP contribution in [0.4, 0.5) is 0 Å². The first kappa shape index (κ1) is 14.2. The summed E-state index contributed by atoms with van der Waals surface area (Å²) in [6.07, 6.45) is 1.80. The van der Waals surface area contributed by atoms with Crippen LogP contribution in [0.5, 0.6) is 0 Å². The molecule has 17 heavy (non-hydrogen) atoms. The summed E-state index contributed by atoms with van der Waals surface area (Å²) in [7, 11) is 1.85. The summed E-state index contributed by atoms with van der Waals surface area (Å²) in [5.74, 6) is 0. The van der Waals surface area contributed by atoms with Crippen molar-refractivity contribution in [3.63, 3.8) is 0 Å². The summed E-state index contributed by atoms with van der Waals surface area (Å²) in [5, 5.41) is 15.7. The van der Waals surface area contributed by atoms with Crippen molar-refractivity contribution >= 4 is 0 Å². The van der Waals surface area contributed by atoms with Crippen molar-refractivity contribution in [3.05, 3.63) is 35.4 Å². The van der Waals surface area contributed by atoms with E-state index in [1.807, 2.05) is 7.05 Å². The minimum atomic E-state index is -0.304. The molecule has 1 aromatic rings. The van der Waals surface area contributed by atoms with Gasteiger partial charge in [-0.15, -0.1) is 0 Å². The number of aliphatic hydroxyl groups is 1. The van der Waals surface area contributed by atoms with Crippen LogP contribution in [0.2, 0.25) is 0 Å². The SMILES string of the molecule is CCc1cccc(CCNCC(O)CNC)c1. The number of benzene rings is 1. The molecule has 0 aliphatic rings. The molecule has 0 saturated carbocycles. The molecule has 1 unspecified atom stereocenters. The summed E-state index contributed by atoms with van der Waals surface area (Å²) in [6.45, 7) is 4.37. The molecule has 3 nitrogen and oxygen atoms in total. The Bertz CT molecular complexity index is 315. The van der Waals surface area contributed by atoms with Crippen LogP contribution in [0.15, 0.2) is 24.3 Å². The maximum atomic E-state index is 9.50. The monoisotopic (exact) mass is 236 g/mol. The van der Waals surface area contributed by atoms with E-state index in [0.29, 0.717) is 13.1 Å². The number of nitrogens with one attached hydrogen (secondary N) is 2. The molecule has 0 amide bonds. The maximum Gasteiger partial charge on any atom is 0.0788 e. The summed E-state index contributed by atoms with van der Waals surface area (Å²) in [4.78, 5) is 0. The zero-order valence-electron chi connectivity index (χ0n) is 10.9. The molecule has 96 valence electrons. The van der Waals surface area contributed by atoms with E-state index in [4.69, 9.17) is 0 Å². The van der Waals surface area contributed by atoms with Crippen LogP contribution >= 0.6 is 0 Å². The summed E-state index contributed by atoms with van der Waals surface area (Å²) in [6, 6.07) is 8.69. The predicted octanol–water partition coefficient (Wildman–Crippen LogP) is 0.961. The van der Waals surface area contributed by atoms with E-state index in [-0.39, 0.29) is 6.10 Å². The lowest BCUT2D eigenvalue weighted by Crippen LogP contribution is -2.34. The Labute approximate surface area is 104 Å². The second kappa shape index (κ2) is 8.23. The second-order valence-corrected chi connectivity index (χ2v) is 4.34. The summed E-state index contributed by atoms with van der Waals surface area (Å²) >= 11 is 0. The molecule has 0 fully saturated rings. The smallest absolute Gasteiger partial charge is 0.0788 e. The Morgan fingerprint density at radius 3 is 2.71 bits per heavy atom. The molecule has 0 bridgehead atoms. The van der Waals surface area contributed by atoms with E-state index >= 15 is 0 Å². The molecular formula is C14H24N2O. The minimum absolute atomic E-state index is 0.304. The highest BCUT2D eigenvalue weighted by Gasteiger charge is 2.01. The van der Waals surface area contributed by atoms with Gasteiger partial charge < -0.3 is 15.7 Å². The molecule has 3 N–H and O–H groups in total. The van der Waals surface area contributed by atoms with Crippen molar-refractivity contribution in [2.45, 2.75) is 25.9 Å². The Hall–Kier alpha value is -0.900. The van der Waals surface area contributed by atoms with Crippen molar-refractivity contribution < 1.29 is 5.11 Å². The average Bonchev–Trinajstić information content (AvgIpc) is 2.35. The Morgan fingerprint density at radius 1 is 1.24 bits per heavy atom. The highest BCUT2D eigenvalue weighted by molar-refractivity contribution is 5.23. The summed E-state index contributed by atoms with van der Waals surface area (Å²) in [5.41, 5.74) is 2.75. The molecule has 1 aromatic carbocycles. The molecule has 0 aliphatic carbocycles. The van der Waals surface area contributed by atoms with Gasteiger partial charge in [0.1, 0.15) is 0 Å². The normalized spacial score (nSPS) is 12.6. The minimum Gasteiger partial charge on any atom is -0.390 e. The van der Waals surface area contributed by atoms with Crippen LogP contribution in [0.25, 0.3) is 0 Å². The van der Waals surface area contributed by atoms with Gasteiger partial charge in [-0.1, -0.05) is 31.2 Å². The third kappa shape index (κ3) is 5.82. The fourth-order valence-electron chi connectivity index (χ4n) is 1.81. The fraction of sp³-hybridized carbons (Fsp3) is 0.571. The van der Waals surface area contributed by atoms with Gasteiger partial charge >= 0.3 is 0 Å². The van der Waals surface area contributed by atoms with E-state index in [1.54, 1.807) is 0 Å². The molecule has 0 spiro atoms. The Morgan fingerprint density at radius 2 is 2.00 bits per heavy atom. The predicted molar refractivity (Wildman–Crippen MR) is 72.3 cm³/mol. The van der Waals surface area contributed by atoms with Crippen LogP contribution in [0.1, 0.15) is 18.1 Å². The Balaban J connectivity index is 2.21. The average molecular weight is 236 g/mol. The number of likely N-dealkylation sites (N-methyl/N-ethyl adjacent to an activating group) is 1. The van der Waals surface area contributed by atoms with Crippen LogP contribution in [0.3, 0.4) is 0 Å². The van der Waals surface area contributed by atoms with Crippen LogP contribution in [-0.2, 0) is 12.8 Å². The van der Waals surface area contributed by atoms with E-state index in [2.05, 4.69) is 41.8 Å². The Kier molecular flexibility index (Phi) is 6.86. The third-order valence-electron chi connectivity index (χ3n) is 2.81. The van der Waals surface area contributed by atoms with Crippen molar-refractivity contribution in [3.8, 4) is 0 Å². The van der Waals surface area contributed by atoms with Gasteiger partial charge in [-0.25, -0.2) is 0 Å². The van der Waals surface area contributed by atoms with E-state index in [9.17, 15) is 5.11 Å². The lowest BCUT2D eigenvalue weighted by Gasteiger charge is -2.11. The zero-order chi connectivity index (χ0) is 12.5. The summed E-state index contributed by atoms with van der Waals surface area (Å²) < 4.78 is 0. The lowest BCUT2D eigenvalue weighted by molar-refractivity contribution is 0.171. The second-order valence-electron chi connectivity index (χ2n) is 4.34. The number of aryl methyl sites for hydroxylation is 1. The van der Waals surface area contributed by atoms with Gasteiger partial charge in [0, 0.05) is 13.1 Å². The van der Waals surface area contributed by atoms with Gasteiger partial charge in [0.05, 0.1) is 6.10 Å². The van der Waals surface area contributed by atoms with Gasteiger partial charge in [-0.2, -0.15) is 0 Å². The zero-order valence-corrected chi connectivity index (χ0v) is 10.9. The highest BCUT2D eigenvalue weighted by atomic mass is 16.3. The highest BCUT2D eigenvalue weighted by Crippen LogP contribution is 2.06. The van der Waals surface area contributed by atoms with Gasteiger partial charge in [-0.3, -0.25) is 0 Å². The van der Waals surface area contributed by atoms with Crippen LogP contribution in [0, 0.1) is 0 Å². The molecule has 0 aromatic heterocycles. The number of hydrogen-bond donors (Lipinski definition) is 3. The van der Waals surface area contributed by atoms with Gasteiger partial charge in [0.2, 0.25) is 0 Å². The standard InChI is InChI=1S/C14H24N2O/c1-3-12-5-4-6-13(9-12)7-8-16-11-14(17)10-15-2/h4-6,9,14-17H,3,7-8,10-11H2,1-2H3. The topological polar surface area (TPSA) is 44.3 Å². The van der Waals surface area contributed by atoms with Gasteiger partial charge in [0.15, 0.2) is 0 Å². The van der Waals surface area contributed by atoms with Crippen molar-refractivity contribution in [2.75, 3.05) is 26.7 Å². The van der Waals surface area contributed by atoms with Crippen molar-refractivity contribution in [1.82, 2.24) is 10.6 Å². The van der Waals surface area contributed by atoms with Gasteiger partial charge in [0.25, 0.3) is 0 Å². The molecule has 0 radical (unpaired) electrons. The first-order chi connectivity index (χ1) is 8.26. The molecule has 0 aliphatic heterocycles. The quantitative estimate of drug-likeness (QED) is 0.589. The number of hydrogen-bond acceptors (Lipinski definition) is 3. The van der Waals surface area contributed by atoms with E-state index in [0.717, 1.165) is 19.4 Å². The van der Waals surface area contributed by atoms with Crippen molar-refractivity contribution in [1.29, 1.82) is 0 Å². The molecule has 1 rings (SSSR count). The lowest BCUT2D eigenvalue weighted by atomic mass is 10.1. The third-order valence-corrected chi connectivity index (χ3v) is 2.81. The van der Waals surface area contributed by atoms with Crippen LogP contribution < -0.4 is 10.6 Å². The van der Waals surface area contributed by atoms with Crippen LogP contribution in [-0.4, -0.2) is 37.9 Å². The molecule has 0 heterocycles. The molecule has 0 saturated heterocycles. The molecular weight excluding hydrogens is 212 g/mol. The fourth-order valence-corrected chi connectivity index (χ4v) is 1.81. The van der Waals surface area contributed by atoms with Gasteiger partial charge in [-0.05, 0) is 37.6 Å². The van der Waals surface area contributed by atoms with Crippen molar-refractivity contribution in [2.24, 2.45) is 0 Å². The number of rotatable bonds is 8. The maximum absolute atomic E-state index is 9.50. The number of aliphatic hydroxyl groups excluding tert-OH is 1.